The van der Waals surface area contributed by atoms with Gasteiger partial charge in [-0.1, -0.05) is 0 Å². The molecule has 2 nitrogen and oxygen atoms in total. The Kier molecular flexibility index (Phi) is 11.1. The summed E-state index contributed by atoms with van der Waals surface area (Å²) < 4.78 is 440. The van der Waals surface area contributed by atoms with Crippen LogP contribution >= 0.6 is 0 Å². The summed E-state index contributed by atoms with van der Waals surface area (Å²) in [4.78, 5) is 0. The van der Waals surface area contributed by atoms with E-state index in [4.69, 9.17) is 0 Å². The first-order valence-corrected chi connectivity index (χ1v) is 11.6. The first-order chi connectivity index (χ1) is 22.8. The van der Waals surface area contributed by atoms with Gasteiger partial charge in [0.25, 0.3) is 0 Å². The van der Waals surface area contributed by atoms with E-state index in [1.807, 2.05) is 0 Å². The van der Waals surface area contributed by atoms with Crippen molar-refractivity contribution in [2.75, 3.05) is 0 Å². The van der Waals surface area contributed by atoms with Crippen molar-refractivity contribution in [2.45, 2.75) is 96.1 Å². The van der Waals surface area contributed by atoms with Crippen molar-refractivity contribution in [3.63, 3.8) is 0 Å². The summed E-state index contributed by atoms with van der Waals surface area (Å²) in [7, 11) is 0. The molecular weight excluding hydrogens is 883 g/mol. The molecule has 0 amide bonds. The molecule has 0 radical (unpaired) electrons. The molecule has 320 valence electrons. The average molecular weight is 886 g/mol. The first-order valence-electron chi connectivity index (χ1n) is 11.6. The Hall–Kier alpha value is -3.10. The zero-order chi connectivity index (χ0) is 44.4. The molecule has 0 aliphatic carbocycles. The van der Waals surface area contributed by atoms with E-state index in [0.29, 0.717) is 5.10 Å². The molecule has 1 aromatic heterocycles. The number of aromatic nitrogens is 2. The van der Waals surface area contributed by atoms with Crippen LogP contribution in [0.15, 0.2) is 6.07 Å². The average Bonchev–Trinajstić information content (AvgIpc) is 3.37. The summed E-state index contributed by atoms with van der Waals surface area (Å²) in [5.41, 5.74) is -10.1. The van der Waals surface area contributed by atoms with E-state index >= 15 is 0 Å². The molecule has 0 saturated heterocycles. The molecule has 1 rings (SSSR count). The minimum absolute atomic E-state index is 0.562. The van der Waals surface area contributed by atoms with Gasteiger partial charge in [0.05, 0.1) is 0 Å². The molecular formula is C19H3F33N2. The van der Waals surface area contributed by atoms with Gasteiger partial charge < -0.3 is 0 Å². The van der Waals surface area contributed by atoms with Crippen LogP contribution < -0.4 is 0 Å². The molecule has 0 saturated carbocycles. The maximum absolute atomic E-state index is 14.7. The van der Waals surface area contributed by atoms with Crippen molar-refractivity contribution >= 4 is 0 Å². The fraction of sp³-hybridized carbons (Fsp3) is 0.842. The summed E-state index contributed by atoms with van der Waals surface area (Å²) in [5.74, 6) is -97.1. The van der Waals surface area contributed by atoms with Crippen molar-refractivity contribution in [1.82, 2.24) is 9.78 Å². The second-order valence-corrected chi connectivity index (χ2v) is 10.1. The third kappa shape index (κ3) is 6.45. The fourth-order valence-corrected chi connectivity index (χ4v) is 3.35. The Labute approximate surface area is 269 Å². The molecule has 0 bridgehead atoms. The van der Waals surface area contributed by atoms with Gasteiger partial charge in [0.2, 0.25) is 0 Å². The molecule has 0 unspecified atom stereocenters. The summed E-state index contributed by atoms with van der Waals surface area (Å²) in [5, 5.41) is 0.562. The highest BCUT2D eigenvalue weighted by atomic mass is 19.4. The molecule has 0 spiro atoms. The lowest BCUT2D eigenvalue weighted by molar-refractivity contribution is -0.442. The molecule has 0 aliphatic heterocycles. The van der Waals surface area contributed by atoms with E-state index in [2.05, 4.69) is 0 Å². The van der Waals surface area contributed by atoms with E-state index in [1.54, 1.807) is 0 Å². The quantitative estimate of drug-likeness (QED) is 0.181. The lowest BCUT2D eigenvalue weighted by Crippen LogP contribution is -2.69. The Balaban J connectivity index is 4.49. The largest absolute Gasteiger partial charge is 0.460 e. The minimum Gasteiger partial charge on any atom is -0.197 e. The fourth-order valence-electron chi connectivity index (χ4n) is 3.35. The van der Waals surface area contributed by atoms with Gasteiger partial charge in [-0.25, -0.2) is 0 Å². The highest BCUT2D eigenvalue weighted by Crippen LogP contribution is 2.65. The second-order valence-electron chi connectivity index (χ2n) is 10.1. The van der Waals surface area contributed by atoms with E-state index < -0.39 is 118 Å². The van der Waals surface area contributed by atoms with Crippen LogP contribution in [0.2, 0.25) is 0 Å². The monoisotopic (exact) mass is 886 g/mol. The summed E-state index contributed by atoms with van der Waals surface area (Å²) in [6.45, 7) is 0. The molecule has 0 atom stereocenters. The Morgan fingerprint density at radius 1 is 0.370 bits per heavy atom. The van der Waals surface area contributed by atoms with Crippen LogP contribution in [0.4, 0.5) is 145 Å². The van der Waals surface area contributed by atoms with Gasteiger partial charge in [0.15, 0.2) is 0 Å². The van der Waals surface area contributed by atoms with Gasteiger partial charge in [0.1, 0.15) is 17.8 Å². The number of nitrogens with zero attached hydrogens (tertiary/aromatic N) is 2. The van der Waals surface area contributed by atoms with Gasteiger partial charge >= 0.3 is 89.7 Å². The van der Waals surface area contributed by atoms with Crippen LogP contribution in [-0.4, -0.2) is 81.6 Å². The topological polar surface area (TPSA) is 17.8 Å². The van der Waals surface area contributed by atoms with Gasteiger partial charge in [-0.2, -0.15) is 155 Å². The van der Waals surface area contributed by atoms with Gasteiger partial charge in [-0.05, 0) is 6.07 Å². The van der Waals surface area contributed by atoms with Crippen LogP contribution in [0.5, 0.6) is 0 Å². The Morgan fingerprint density at radius 3 is 0.926 bits per heavy atom. The lowest BCUT2D eigenvalue weighted by Gasteiger charge is -2.40. The number of hydrogen-bond acceptors (Lipinski definition) is 1. The molecule has 0 fully saturated rings. The normalized spacial score (nSPS) is 16.7. The highest BCUT2D eigenvalue weighted by Gasteiger charge is 2.93. The number of alkyl halides is 33. The number of hydrogen-bond donors (Lipinski definition) is 0. The Bertz CT molecular complexity index is 1510. The van der Waals surface area contributed by atoms with Gasteiger partial charge in [-0.15, -0.1) is 0 Å². The van der Waals surface area contributed by atoms with Crippen molar-refractivity contribution in [1.29, 1.82) is 0 Å². The SMILES string of the molecule is FC(F)(F)CC(F)(F)C(F)(F)n1nc(C(F)(F)C(F)(F)C(F)(F)C(F)(F)C(F)(F)C(F)(F)F)cc1C(F)(F)C(F)(F)C(F)(F)C(F)(F)C(F)(F)C(F)(F)F. The molecule has 1 heterocycles. The van der Waals surface area contributed by atoms with Gasteiger partial charge in [-0.3, -0.25) is 0 Å². The molecule has 1 aromatic rings. The second kappa shape index (κ2) is 12.2. The van der Waals surface area contributed by atoms with Crippen LogP contribution in [0, 0.1) is 0 Å². The minimum atomic E-state index is -9.30. The maximum atomic E-state index is 14.7. The zero-order valence-corrected chi connectivity index (χ0v) is 23.2. The standard InChI is InChI=1S/C19H3F33N2/c20-5(21,2-6(22,23)24)19(51,52)54-4(8(27,28)10(31,32)12(35,36)14(39,40)16(43,44)18(48,49)50)1-3(53-54)7(25,26)9(29,30)11(33,34)13(37,38)15(41,42)17(45,46)47/h1H,2H2. The first kappa shape index (κ1) is 48.9. The van der Waals surface area contributed by atoms with E-state index in [9.17, 15) is 145 Å². The predicted molar refractivity (Wildman–Crippen MR) is 97.5 cm³/mol. The third-order valence-corrected chi connectivity index (χ3v) is 6.35. The predicted octanol–water partition coefficient (Wildman–Crippen LogP) is 11.4. The summed E-state index contributed by atoms with van der Waals surface area (Å²) in [6.07, 6.45) is -28.0. The maximum Gasteiger partial charge on any atom is 0.460 e. The van der Waals surface area contributed by atoms with Crippen molar-refractivity contribution in [3.8, 4) is 0 Å². The molecule has 0 aromatic carbocycles. The molecule has 54 heavy (non-hydrogen) atoms. The summed E-state index contributed by atoms with van der Waals surface area (Å²) >= 11 is 0. The number of rotatable bonds is 13. The highest BCUT2D eigenvalue weighted by molar-refractivity contribution is 5.28. The number of halogens is 33. The van der Waals surface area contributed by atoms with Crippen molar-refractivity contribution in [3.05, 3.63) is 17.5 Å². The molecule has 35 heteroatoms. The zero-order valence-electron chi connectivity index (χ0n) is 23.2. The molecule has 0 N–H and O–H groups in total. The van der Waals surface area contributed by atoms with E-state index in [-0.39, 0.29) is 0 Å². The Morgan fingerprint density at radius 2 is 0.648 bits per heavy atom. The third-order valence-electron chi connectivity index (χ3n) is 6.35. The smallest absolute Gasteiger partial charge is 0.197 e. The van der Waals surface area contributed by atoms with Crippen LogP contribution in [-0.2, 0) is 17.9 Å². The molecule has 0 aliphatic rings. The van der Waals surface area contributed by atoms with Gasteiger partial charge in [0, 0.05) is 0 Å². The van der Waals surface area contributed by atoms with Crippen LogP contribution in [0.3, 0.4) is 0 Å². The summed E-state index contributed by atoms with van der Waals surface area (Å²) in [6, 6.07) is -11.0. The van der Waals surface area contributed by atoms with Crippen molar-refractivity contribution in [2.24, 2.45) is 0 Å². The van der Waals surface area contributed by atoms with Crippen LogP contribution in [0.25, 0.3) is 0 Å². The van der Waals surface area contributed by atoms with E-state index in [1.165, 1.54) is 0 Å². The van der Waals surface area contributed by atoms with Crippen LogP contribution in [0.1, 0.15) is 17.8 Å². The van der Waals surface area contributed by atoms with E-state index in [0.717, 1.165) is 0 Å². The van der Waals surface area contributed by atoms with Crippen molar-refractivity contribution < 1.29 is 145 Å². The lowest BCUT2D eigenvalue weighted by atomic mass is 9.91.